The fourth-order valence-electron chi connectivity index (χ4n) is 1.84. The van der Waals surface area contributed by atoms with Gasteiger partial charge in [-0.1, -0.05) is 23.4 Å². The average Bonchev–Trinajstić information content (AvgIpc) is 2.95. The summed E-state index contributed by atoms with van der Waals surface area (Å²) >= 11 is 1.73. The number of nitrogens with zero attached hydrogens (tertiary/aromatic N) is 3. The second kappa shape index (κ2) is 4.27. The maximum Gasteiger partial charge on any atom is 0.114 e. The van der Waals surface area contributed by atoms with Crippen LogP contribution < -0.4 is 5.73 Å². The lowest BCUT2D eigenvalue weighted by molar-refractivity contribution is 0.598. The largest absolute Gasteiger partial charge is 0.329 e. The van der Waals surface area contributed by atoms with Crippen molar-refractivity contribution >= 4 is 21.4 Å². The molecule has 0 saturated heterocycles. The quantitative estimate of drug-likeness (QED) is 0.767. The van der Waals surface area contributed by atoms with E-state index in [4.69, 9.17) is 5.73 Å². The Kier molecular flexibility index (Phi) is 2.62. The normalized spacial score (nSPS) is 11.1. The van der Waals surface area contributed by atoms with Crippen molar-refractivity contribution in [3.63, 3.8) is 0 Å². The summed E-state index contributed by atoms with van der Waals surface area (Å²) in [6.07, 6.45) is 1.95. The minimum absolute atomic E-state index is 0.577. The van der Waals surface area contributed by atoms with Crippen LogP contribution in [0.15, 0.2) is 35.8 Å². The van der Waals surface area contributed by atoms with Gasteiger partial charge < -0.3 is 5.73 Å². The number of thiophene rings is 1. The summed E-state index contributed by atoms with van der Waals surface area (Å²) < 4.78 is 3.05. The van der Waals surface area contributed by atoms with Gasteiger partial charge in [0.2, 0.25) is 0 Å². The molecule has 0 saturated carbocycles. The third-order valence-electron chi connectivity index (χ3n) is 2.65. The Morgan fingerprint density at radius 2 is 2.18 bits per heavy atom. The molecule has 2 aromatic heterocycles. The van der Waals surface area contributed by atoms with Crippen LogP contribution in [0.2, 0.25) is 0 Å². The molecule has 0 aliphatic heterocycles. The average molecular weight is 244 g/mol. The zero-order chi connectivity index (χ0) is 11.7. The Morgan fingerprint density at radius 1 is 1.29 bits per heavy atom. The van der Waals surface area contributed by atoms with Crippen molar-refractivity contribution < 1.29 is 0 Å². The van der Waals surface area contributed by atoms with Gasteiger partial charge in [-0.2, -0.15) is 0 Å². The van der Waals surface area contributed by atoms with Crippen LogP contribution in [0.4, 0.5) is 0 Å². The highest BCUT2D eigenvalue weighted by Crippen LogP contribution is 2.32. The van der Waals surface area contributed by atoms with Crippen molar-refractivity contribution in [3.05, 3.63) is 35.8 Å². The van der Waals surface area contributed by atoms with Gasteiger partial charge in [0.25, 0.3) is 0 Å². The molecule has 2 heterocycles. The van der Waals surface area contributed by atoms with Gasteiger partial charge in [-0.3, -0.25) is 4.68 Å². The third kappa shape index (κ3) is 1.83. The predicted molar refractivity (Wildman–Crippen MR) is 69.9 cm³/mol. The molecule has 3 aromatic rings. The van der Waals surface area contributed by atoms with Crippen molar-refractivity contribution in [2.45, 2.75) is 6.54 Å². The standard InChI is InChI=1S/C12H12N4S/c13-5-6-16-7-11(14-15-16)10-8-17-12-4-2-1-3-9(10)12/h1-4,7-8H,5-6,13H2. The molecule has 0 spiro atoms. The Labute approximate surface area is 103 Å². The lowest BCUT2D eigenvalue weighted by Crippen LogP contribution is -2.10. The summed E-state index contributed by atoms with van der Waals surface area (Å²) in [7, 11) is 0. The Bertz CT molecular complexity index is 641. The van der Waals surface area contributed by atoms with Crippen molar-refractivity contribution in [3.8, 4) is 11.3 Å². The summed E-state index contributed by atoms with van der Waals surface area (Å²) in [4.78, 5) is 0. The summed E-state index contributed by atoms with van der Waals surface area (Å²) in [5, 5.41) is 11.6. The molecule has 0 aliphatic carbocycles. The van der Waals surface area contributed by atoms with Gasteiger partial charge in [-0.05, 0) is 6.07 Å². The van der Waals surface area contributed by atoms with Gasteiger partial charge in [0.1, 0.15) is 5.69 Å². The van der Waals surface area contributed by atoms with Crippen molar-refractivity contribution in [2.24, 2.45) is 5.73 Å². The molecule has 0 aliphatic rings. The molecule has 0 radical (unpaired) electrons. The molecular formula is C12H12N4S. The van der Waals surface area contributed by atoms with Crippen LogP contribution in [0.1, 0.15) is 0 Å². The molecule has 0 fully saturated rings. The van der Waals surface area contributed by atoms with Gasteiger partial charge in [-0.25, -0.2) is 0 Å². The number of hydrogen-bond acceptors (Lipinski definition) is 4. The third-order valence-corrected chi connectivity index (χ3v) is 3.62. The van der Waals surface area contributed by atoms with E-state index in [-0.39, 0.29) is 0 Å². The van der Waals surface area contributed by atoms with Crippen molar-refractivity contribution in [2.75, 3.05) is 6.54 Å². The minimum atomic E-state index is 0.577. The van der Waals surface area contributed by atoms with Crippen LogP contribution in [0.3, 0.4) is 0 Å². The molecule has 4 nitrogen and oxygen atoms in total. The molecule has 0 amide bonds. The van der Waals surface area contributed by atoms with E-state index in [1.54, 1.807) is 16.0 Å². The van der Waals surface area contributed by atoms with Gasteiger partial charge in [0.15, 0.2) is 0 Å². The first kappa shape index (κ1) is 10.4. The van der Waals surface area contributed by atoms with E-state index < -0.39 is 0 Å². The van der Waals surface area contributed by atoms with E-state index in [2.05, 4.69) is 27.8 Å². The number of aromatic nitrogens is 3. The lowest BCUT2D eigenvalue weighted by atomic mass is 10.1. The second-order valence-corrected chi connectivity index (χ2v) is 4.71. The Balaban J connectivity index is 2.07. The van der Waals surface area contributed by atoms with E-state index in [1.165, 1.54) is 10.1 Å². The number of rotatable bonds is 3. The Hall–Kier alpha value is -1.72. The molecule has 2 N–H and O–H groups in total. The minimum Gasteiger partial charge on any atom is -0.329 e. The highest BCUT2D eigenvalue weighted by molar-refractivity contribution is 7.17. The molecule has 0 atom stereocenters. The fourth-order valence-corrected chi connectivity index (χ4v) is 2.79. The first-order chi connectivity index (χ1) is 8.38. The van der Waals surface area contributed by atoms with Crippen LogP contribution in [-0.2, 0) is 6.54 Å². The van der Waals surface area contributed by atoms with E-state index >= 15 is 0 Å². The molecule has 0 unspecified atom stereocenters. The fraction of sp³-hybridized carbons (Fsp3) is 0.167. The van der Waals surface area contributed by atoms with Crippen molar-refractivity contribution in [1.29, 1.82) is 0 Å². The molecule has 1 aromatic carbocycles. The SMILES string of the molecule is NCCn1cc(-c2csc3ccccc23)nn1. The number of hydrogen-bond donors (Lipinski definition) is 1. The van der Waals surface area contributed by atoms with Crippen LogP contribution >= 0.6 is 11.3 Å². The number of benzene rings is 1. The zero-order valence-electron chi connectivity index (χ0n) is 9.21. The zero-order valence-corrected chi connectivity index (χ0v) is 10.0. The van der Waals surface area contributed by atoms with Gasteiger partial charge >= 0.3 is 0 Å². The summed E-state index contributed by atoms with van der Waals surface area (Å²) in [5.74, 6) is 0. The molecule has 3 rings (SSSR count). The second-order valence-electron chi connectivity index (χ2n) is 3.80. The van der Waals surface area contributed by atoms with Crippen LogP contribution in [0, 0.1) is 0 Å². The predicted octanol–water partition coefficient (Wildman–Crippen LogP) is 2.12. The van der Waals surface area contributed by atoms with Crippen LogP contribution in [0.5, 0.6) is 0 Å². The maximum atomic E-state index is 5.49. The topological polar surface area (TPSA) is 56.7 Å². The smallest absolute Gasteiger partial charge is 0.114 e. The van der Waals surface area contributed by atoms with Gasteiger partial charge in [-0.15, -0.1) is 16.4 Å². The Morgan fingerprint density at radius 3 is 3.06 bits per heavy atom. The highest BCUT2D eigenvalue weighted by Gasteiger charge is 2.09. The molecule has 17 heavy (non-hydrogen) atoms. The van der Waals surface area contributed by atoms with Crippen LogP contribution in [-0.4, -0.2) is 21.5 Å². The first-order valence-electron chi connectivity index (χ1n) is 5.45. The van der Waals surface area contributed by atoms with Gasteiger partial charge in [0, 0.05) is 27.6 Å². The highest BCUT2D eigenvalue weighted by atomic mass is 32.1. The van der Waals surface area contributed by atoms with Crippen LogP contribution in [0.25, 0.3) is 21.3 Å². The monoisotopic (exact) mass is 244 g/mol. The van der Waals surface area contributed by atoms with E-state index in [9.17, 15) is 0 Å². The molecular weight excluding hydrogens is 232 g/mol. The van der Waals surface area contributed by atoms with E-state index in [0.29, 0.717) is 13.1 Å². The maximum absolute atomic E-state index is 5.49. The summed E-state index contributed by atoms with van der Waals surface area (Å²) in [6, 6.07) is 8.33. The molecule has 5 heteroatoms. The summed E-state index contributed by atoms with van der Waals surface area (Å²) in [6.45, 7) is 1.28. The van der Waals surface area contributed by atoms with E-state index in [1.807, 2.05) is 18.3 Å². The molecule has 0 bridgehead atoms. The lowest BCUT2D eigenvalue weighted by Gasteiger charge is -1.94. The summed E-state index contributed by atoms with van der Waals surface area (Å²) in [5.41, 5.74) is 7.55. The van der Waals surface area contributed by atoms with Crippen molar-refractivity contribution in [1.82, 2.24) is 15.0 Å². The van der Waals surface area contributed by atoms with Gasteiger partial charge in [0.05, 0.1) is 12.7 Å². The number of fused-ring (bicyclic) bond motifs is 1. The number of nitrogens with two attached hydrogens (primary N) is 1. The first-order valence-corrected chi connectivity index (χ1v) is 6.33. The van der Waals surface area contributed by atoms with E-state index in [0.717, 1.165) is 11.3 Å². The molecule has 86 valence electrons.